The van der Waals surface area contributed by atoms with Gasteiger partial charge in [-0.3, -0.25) is 14.4 Å². The van der Waals surface area contributed by atoms with Crippen molar-refractivity contribution in [3.63, 3.8) is 0 Å². The number of carbonyl (C=O) groups is 3. The van der Waals surface area contributed by atoms with E-state index in [9.17, 15) is 14.4 Å². The topological polar surface area (TPSA) is 60.9 Å². The van der Waals surface area contributed by atoms with Crippen LogP contribution in [-0.2, 0) is 14.4 Å². The number of hydrogen-bond acceptors (Lipinski definition) is 3. The molecule has 3 amide bonds. The van der Waals surface area contributed by atoms with E-state index in [1.807, 2.05) is 31.2 Å². The van der Waals surface area contributed by atoms with Crippen LogP contribution < -0.4 is 4.90 Å². The SMILES string of the molecule is CCC(=O)N1CCN(C(=O)C2CC(=O)N(c3ccccc3Br)C2)CC1. The van der Waals surface area contributed by atoms with Crippen molar-refractivity contribution in [2.45, 2.75) is 19.8 Å². The van der Waals surface area contributed by atoms with Crippen LogP contribution in [0.4, 0.5) is 5.69 Å². The van der Waals surface area contributed by atoms with Crippen molar-refractivity contribution in [3.8, 4) is 0 Å². The molecule has 1 atom stereocenters. The van der Waals surface area contributed by atoms with Gasteiger partial charge in [0.1, 0.15) is 0 Å². The summed E-state index contributed by atoms with van der Waals surface area (Å²) < 4.78 is 0.850. The molecule has 0 radical (unpaired) electrons. The first-order chi connectivity index (χ1) is 12.0. The Kier molecular flexibility index (Phi) is 5.42. The van der Waals surface area contributed by atoms with Gasteiger partial charge in [-0.2, -0.15) is 0 Å². The molecule has 2 saturated heterocycles. The minimum absolute atomic E-state index is 0.0199. The second-order valence-electron chi connectivity index (χ2n) is 6.42. The normalized spacial score (nSPS) is 21.0. The molecule has 0 bridgehead atoms. The third kappa shape index (κ3) is 3.71. The second-order valence-corrected chi connectivity index (χ2v) is 7.27. The Balaban J connectivity index is 1.62. The Morgan fingerprint density at radius 3 is 2.40 bits per heavy atom. The Labute approximate surface area is 155 Å². The van der Waals surface area contributed by atoms with Crippen molar-refractivity contribution in [1.29, 1.82) is 0 Å². The summed E-state index contributed by atoms with van der Waals surface area (Å²) in [4.78, 5) is 42.2. The van der Waals surface area contributed by atoms with Crippen molar-refractivity contribution < 1.29 is 14.4 Å². The summed E-state index contributed by atoms with van der Waals surface area (Å²) in [7, 11) is 0. The fraction of sp³-hybridized carbons (Fsp3) is 0.500. The fourth-order valence-electron chi connectivity index (χ4n) is 3.43. The first kappa shape index (κ1) is 17.9. The number of para-hydroxylation sites is 1. The zero-order chi connectivity index (χ0) is 18.0. The summed E-state index contributed by atoms with van der Waals surface area (Å²) in [6, 6.07) is 7.55. The largest absolute Gasteiger partial charge is 0.339 e. The zero-order valence-electron chi connectivity index (χ0n) is 14.3. The number of anilines is 1. The van der Waals surface area contributed by atoms with E-state index in [-0.39, 0.29) is 30.1 Å². The highest BCUT2D eigenvalue weighted by Gasteiger charge is 2.38. The standard InChI is InChI=1S/C18H22BrN3O3/c1-2-16(23)20-7-9-21(10-8-20)18(25)13-11-17(24)22(12-13)15-6-4-3-5-14(15)19/h3-6,13H,2,7-12H2,1H3. The molecule has 1 unspecified atom stereocenters. The van der Waals surface area contributed by atoms with E-state index in [2.05, 4.69) is 15.9 Å². The van der Waals surface area contributed by atoms with Gasteiger partial charge in [0.2, 0.25) is 17.7 Å². The maximum Gasteiger partial charge on any atom is 0.228 e. The van der Waals surface area contributed by atoms with E-state index < -0.39 is 0 Å². The molecular formula is C18H22BrN3O3. The van der Waals surface area contributed by atoms with Gasteiger partial charge in [-0.15, -0.1) is 0 Å². The van der Waals surface area contributed by atoms with Crippen LogP contribution in [0.2, 0.25) is 0 Å². The Morgan fingerprint density at radius 2 is 1.76 bits per heavy atom. The summed E-state index contributed by atoms with van der Waals surface area (Å²) in [5.74, 6) is -0.187. The molecule has 0 spiro atoms. The summed E-state index contributed by atoms with van der Waals surface area (Å²) in [6.07, 6.45) is 0.736. The minimum Gasteiger partial charge on any atom is -0.339 e. The number of halogens is 1. The molecule has 6 nitrogen and oxygen atoms in total. The third-order valence-corrected chi connectivity index (χ3v) is 5.53. The number of hydrogen-bond donors (Lipinski definition) is 0. The number of nitrogens with zero attached hydrogens (tertiary/aromatic N) is 3. The average Bonchev–Trinajstić information content (AvgIpc) is 3.02. The number of piperazine rings is 1. The number of benzene rings is 1. The van der Waals surface area contributed by atoms with Gasteiger partial charge in [0.05, 0.1) is 11.6 Å². The molecular weight excluding hydrogens is 386 g/mol. The molecule has 1 aromatic carbocycles. The van der Waals surface area contributed by atoms with Gasteiger partial charge in [-0.05, 0) is 28.1 Å². The predicted octanol–water partition coefficient (Wildman–Crippen LogP) is 1.88. The fourth-order valence-corrected chi connectivity index (χ4v) is 3.93. The van der Waals surface area contributed by atoms with Crippen LogP contribution in [-0.4, -0.2) is 60.2 Å². The van der Waals surface area contributed by atoms with E-state index in [0.29, 0.717) is 39.1 Å². The molecule has 0 N–H and O–H groups in total. The van der Waals surface area contributed by atoms with E-state index in [1.54, 1.807) is 14.7 Å². The lowest BCUT2D eigenvalue weighted by molar-refractivity contribution is -0.141. The Hall–Kier alpha value is -1.89. The van der Waals surface area contributed by atoms with E-state index in [0.717, 1.165) is 10.2 Å². The number of carbonyl (C=O) groups excluding carboxylic acids is 3. The molecule has 1 aromatic rings. The molecule has 2 heterocycles. The third-order valence-electron chi connectivity index (χ3n) is 4.86. The monoisotopic (exact) mass is 407 g/mol. The highest BCUT2D eigenvalue weighted by atomic mass is 79.9. The van der Waals surface area contributed by atoms with Gasteiger partial charge in [-0.25, -0.2) is 0 Å². The number of amides is 3. The van der Waals surface area contributed by atoms with Crippen molar-refractivity contribution in [1.82, 2.24) is 9.80 Å². The van der Waals surface area contributed by atoms with Crippen molar-refractivity contribution in [2.75, 3.05) is 37.6 Å². The van der Waals surface area contributed by atoms with Gasteiger partial charge in [0.25, 0.3) is 0 Å². The van der Waals surface area contributed by atoms with Crippen LogP contribution in [0.1, 0.15) is 19.8 Å². The molecule has 2 aliphatic rings. The summed E-state index contributed by atoms with van der Waals surface area (Å²) >= 11 is 3.47. The Morgan fingerprint density at radius 1 is 1.12 bits per heavy atom. The molecule has 2 aliphatic heterocycles. The summed E-state index contributed by atoms with van der Waals surface area (Å²) in [5, 5.41) is 0. The average molecular weight is 408 g/mol. The van der Waals surface area contributed by atoms with E-state index >= 15 is 0 Å². The van der Waals surface area contributed by atoms with Crippen molar-refractivity contribution >= 4 is 39.3 Å². The van der Waals surface area contributed by atoms with Gasteiger partial charge in [0, 0.05) is 50.0 Å². The smallest absolute Gasteiger partial charge is 0.228 e. The Bertz CT molecular complexity index is 686. The van der Waals surface area contributed by atoms with Crippen LogP contribution in [0.3, 0.4) is 0 Å². The predicted molar refractivity (Wildman–Crippen MR) is 98.1 cm³/mol. The van der Waals surface area contributed by atoms with Gasteiger partial charge >= 0.3 is 0 Å². The second kappa shape index (κ2) is 7.56. The van der Waals surface area contributed by atoms with Crippen LogP contribution in [0.15, 0.2) is 28.7 Å². The van der Waals surface area contributed by atoms with Gasteiger partial charge in [-0.1, -0.05) is 19.1 Å². The molecule has 25 heavy (non-hydrogen) atoms. The van der Waals surface area contributed by atoms with Gasteiger partial charge < -0.3 is 14.7 Å². The first-order valence-electron chi connectivity index (χ1n) is 8.62. The quantitative estimate of drug-likeness (QED) is 0.768. The van der Waals surface area contributed by atoms with Crippen LogP contribution in [0.5, 0.6) is 0 Å². The van der Waals surface area contributed by atoms with Crippen LogP contribution in [0.25, 0.3) is 0 Å². The highest BCUT2D eigenvalue weighted by molar-refractivity contribution is 9.10. The molecule has 0 saturated carbocycles. The molecule has 2 fully saturated rings. The molecule has 0 aromatic heterocycles. The van der Waals surface area contributed by atoms with E-state index in [1.165, 1.54) is 0 Å². The lowest BCUT2D eigenvalue weighted by Gasteiger charge is -2.35. The maximum atomic E-state index is 12.8. The maximum absolute atomic E-state index is 12.8. The molecule has 0 aliphatic carbocycles. The number of rotatable bonds is 3. The van der Waals surface area contributed by atoms with Crippen LogP contribution >= 0.6 is 15.9 Å². The zero-order valence-corrected chi connectivity index (χ0v) is 15.9. The van der Waals surface area contributed by atoms with Crippen molar-refractivity contribution in [2.24, 2.45) is 5.92 Å². The van der Waals surface area contributed by atoms with Crippen LogP contribution in [0, 0.1) is 5.92 Å². The first-order valence-corrected chi connectivity index (χ1v) is 9.42. The summed E-state index contributed by atoms with van der Waals surface area (Å²) in [5.41, 5.74) is 0.807. The minimum atomic E-state index is -0.312. The van der Waals surface area contributed by atoms with E-state index in [4.69, 9.17) is 0 Å². The molecule has 134 valence electrons. The lowest BCUT2D eigenvalue weighted by atomic mass is 10.1. The van der Waals surface area contributed by atoms with Crippen molar-refractivity contribution in [3.05, 3.63) is 28.7 Å². The molecule has 7 heteroatoms. The van der Waals surface area contributed by atoms with Gasteiger partial charge in [0.15, 0.2) is 0 Å². The summed E-state index contributed by atoms with van der Waals surface area (Å²) in [6.45, 7) is 4.50. The highest BCUT2D eigenvalue weighted by Crippen LogP contribution is 2.32. The lowest BCUT2D eigenvalue weighted by Crippen LogP contribution is -2.52. The molecule has 3 rings (SSSR count).